The van der Waals surface area contributed by atoms with E-state index in [4.69, 9.17) is 4.74 Å². The van der Waals surface area contributed by atoms with Crippen LogP contribution < -0.4 is 10.6 Å². The summed E-state index contributed by atoms with van der Waals surface area (Å²) in [5, 5.41) is 5.71. The van der Waals surface area contributed by atoms with Crippen LogP contribution >= 0.6 is 0 Å². The summed E-state index contributed by atoms with van der Waals surface area (Å²) < 4.78 is 33.2. The molecule has 32 heavy (non-hydrogen) atoms. The lowest BCUT2D eigenvalue weighted by Gasteiger charge is -2.31. The molecule has 0 unspecified atom stereocenters. The molecule has 0 aliphatic carbocycles. The maximum absolute atomic E-state index is 14.0. The van der Waals surface area contributed by atoms with E-state index in [1.807, 2.05) is 0 Å². The number of hydrogen-bond donors (Lipinski definition) is 2. The molecule has 0 saturated carbocycles. The average molecular weight is 447 g/mol. The Bertz CT molecular complexity index is 922. The van der Waals surface area contributed by atoms with E-state index in [9.17, 15) is 18.4 Å². The van der Waals surface area contributed by atoms with Crippen molar-refractivity contribution in [2.24, 2.45) is 0 Å². The summed E-state index contributed by atoms with van der Waals surface area (Å²) in [6, 6.07) is 12.8. The highest BCUT2D eigenvalue weighted by molar-refractivity contribution is 5.79. The van der Waals surface area contributed by atoms with Crippen LogP contribution in [0.2, 0.25) is 0 Å². The summed E-state index contributed by atoms with van der Waals surface area (Å²) in [4.78, 5) is 25.1. The van der Waals surface area contributed by atoms with Crippen LogP contribution in [0.3, 0.4) is 0 Å². The number of benzene rings is 2. The van der Waals surface area contributed by atoms with E-state index in [1.54, 1.807) is 57.2 Å². The van der Waals surface area contributed by atoms with Gasteiger partial charge in [-0.15, -0.1) is 0 Å². The second kappa shape index (κ2) is 11.7. The van der Waals surface area contributed by atoms with Crippen molar-refractivity contribution in [3.63, 3.8) is 0 Å². The summed E-state index contributed by atoms with van der Waals surface area (Å²) in [5.41, 5.74) is 0.113. The van der Waals surface area contributed by atoms with Crippen LogP contribution in [0.25, 0.3) is 0 Å². The largest absolute Gasteiger partial charge is 0.382 e. The molecule has 5 nitrogen and oxygen atoms in total. The standard InChI is InChI=1S/C25H32F2N2O3/c1-17(19-9-5-7-11-21(19)26)13-23(30)28-15-25(3,16-32-4)29-24(31)14-18(2)20-10-6-8-12-22(20)27/h5-12,17-18H,13-16H2,1-4H3,(H,28,30)(H,29,31)/t17-,18+,25-/m0/s1. The van der Waals surface area contributed by atoms with Crippen molar-refractivity contribution in [1.82, 2.24) is 10.6 Å². The van der Waals surface area contributed by atoms with Gasteiger partial charge in [0.1, 0.15) is 11.6 Å². The molecule has 7 heteroatoms. The first-order valence-electron chi connectivity index (χ1n) is 10.7. The summed E-state index contributed by atoms with van der Waals surface area (Å²) >= 11 is 0. The van der Waals surface area contributed by atoms with E-state index in [-0.39, 0.29) is 61.3 Å². The van der Waals surface area contributed by atoms with Crippen molar-refractivity contribution >= 4 is 11.8 Å². The number of nitrogens with one attached hydrogen (secondary N) is 2. The van der Waals surface area contributed by atoms with E-state index in [1.165, 1.54) is 19.2 Å². The minimum atomic E-state index is -0.850. The van der Waals surface area contributed by atoms with Crippen molar-refractivity contribution in [3.8, 4) is 0 Å². The van der Waals surface area contributed by atoms with E-state index in [2.05, 4.69) is 10.6 Å². The molecule has 0 aliphatic rings. The Hall–Kier alpha value is -2.80. The van der Waals surface area contributed by atoms with Gasteiger partial charge in [0, 0.05) is 26.5 Å². The Morgan fingerprint density at radius 3 is 1.84 bits per heavy atom. The van der Waals surface area contributed by atoms with Crippen molar-refractivity contribution < 1.29 is 23.1 Å². The van der Waals surface area contributed by atoms with E-state index >= 15 is 0 Å². The normalized spacial score (nSPS) is 14.8. The molecule has 2 aromatic carbocycles. The maximum Gasteiger partial charge on any atom is 0.221 e. The van der Waals surface area contributed by atoms with Crippen LogP contribution in [0, 0.1) is 11.6 Å². The van der Waals surface area contributed by atoms with E-state index in [0.717, 1.165) is 0 Å². The van der Waals surface area contributed by atoms with Crippen molar-refractivity contribution in [1.29, 1.82) is 0 Å². The number of ether oxygens (including phenoxy) is 1. The Morgan fingerprint density at radius 1 is 0.906 bits per heavy atom. The zero-order valence-corrected chi connectivity index (χ0v) is 19.1. The van der Waals surface area contributed by atoms with Crippen molar-refractivity contribution in [2.75, 3.05) is 20.3 Å². The first-order chi connectivity index (χ1) is 15.1. The lowest BCUT2D eigenvalue weighted by atomic mass is 9.95. The van der Waals surface area contributed by atoms with Crippen LogP contribution in [0.4, 0.5) is 8.78 Å². The van der Waals surface area contributed by atoms with Crippen LogP contribution in [-0.4, -0.2) is 37.6 Å². The van der Waals surface area contributed by atoms with Gasteiger partial charge < -0.3 is 15.4 Å². The van der Waals surface area contributed by atoms with Gasteiger partial charge >= 0.3 is 0 Å². The first-order valence-corrected chi connectivity index (χ1v) is 10.7. The van der Waals surface area contributed by atoms with Crippen molar-refractivity contribution in [2.45, 2.75) is 51.0 Å². The van der Waals surface area contributed by atoms with E-state index in [0.29, 0.717) is 11.1 Å². The summed E-state index contributed by atoms with van der Waals surface area (Å²) in [6.07, 6.45) is 0.209. The zero-order valence-electron chi connectivity index (χ0n) is 19.1. The number of carbonyl (C=O) groups excluding carboxylic acids is 2. The van der Waals surface area contributed by atoms with Crippen LogP contribution in [0.15, 0.2) is 48.5 Å². The third kappa shape index (κ3) is 7.41. The van der Waals surface area contributed by atoms with Gasteiger partial charge in [-0.2, -0.15) is 0 Å². The summed E-state index contributed by atoms with van der Waals surface area (Å²) in [6.45, 7) is 5.66. The molecule has 2 aromatic rings. The lowest BCUT2D eigenvalue weighted by Crippen LogP contribution is -2.56. The molecule has 0 fully saturated rings. The highest BCUT2D eigenvalue weighted by Gasteiger charge is 2.28. The number of methoxy groups -OCH3 is 1. The molecular formula is C25H32F2N2O3. The minimum Gasteiger partial charge on any atom is -0.382 e. The van der Waals surface area contributed by atoms with Gasteiger partial charge in [0.25, 0.3) is 0 Å². The molecule has 0 radical (unpaired) electrons. The average Bonchev–Trinajstić information content (AvgIpc) is 2.73. The molecule has 0 saturated heterocycles. The highest BCUT2D eigenvalue weighted by atomic mass is 19.1. The monoisotopic (exact) mass is 446 g/mol. The number of hydrogen-bond acceptors (Lipinski definition) is 3. The van der Waals surface area contributed by atoms with Gasteiger partial charge in [0.15, 0.2) is 0 Å². The highest BCUT2D eigenvalue weighted by Crippen LogP contribution is 2.23. The van der Waals surface area contributed by atoms with Gasteiger partial charge in [-0.1, -0.05) is 50.2 Å². The Kier molecular flexibility index (Phi) is 9.32. The quantitative estimate of drug-likeness (QED) is 0.541. The number of amides is 2. The fourth-order valence-electron chi connectivity index (χ4n) is 3.73. The van der Waals surface area contributed by atoms with Crippen LogP contribution in [-0.2, 0) is 14.3 Å². The molecule has 0 aliphatic heterocycles. The SMILES string of the molecule is COC[C@](C)(CNC(=O)C[C@H](C)c1ccccc1F)NC(=O)C[C@@H](C)c1ccccc1F. The molecule has 174 valence electrons. The maximum atomic E-state index is 14.0. The van der Waals surface area contributed by atoms with Gasteiger partial charge in [0.2, 0.25) is 11.8 Å². The Morgan fingerprint density at radius 2 is 1.38 bits per heavy atom. The topological polar surface area (TPSA) is 67.4 Å². The second-order valence-corrected chi connectivity index (χ2v) is 8.57. The minimum absolute atomic E-state index is 0.0957. The zero-order chi connectivity index (χ0) is 23.7. The smallest absolute Gasteiger partial charge is 0.221 e. The van der Waals surface area contributed by atoms with Crippen LogP contribution in [0.5, 0.6) is 0 Å². The fraction of sp³-hybridized carbons (Fsp3) is 0.440. The molecular weight excluding hydrogens is 414 g/mol. The number of rotatable bonds is 11. The lowest BCUT2D eigenvalue weighted by molar-refractivity contribution is -0.125. The van der Waals surface area contributed by atoms with Gasteiger partial charge in [-0.25, -0.2) is 8.78 Å². The second-order valence-electron chi connectivity index (χ2n) is 8.57. The Balaban J connectivity index is 1.93. The predicted molar refractivity (Wildman–Crippen MR) is 120 cm³/mol. The first kappa shape index (κ1) is 25.5. The van der Waals surface area contributed by atoms with Gasteiger partial charge in [-0.05, 0) is 42.0 Å². The molecule has 0 spiro atoms. The molecule has 2 amide bonds. The summed E-state index contributed by atoms with van der Waals surface area (Å²) in [5.74, 6) is -1.80. The van der Waals surface area contributed by atoms with Crippen molar-refractivity contribution in [3.05, 3.63) is 71.3 Å². The molecule has 2 rings (SSSR count). The number of carbonyl (C=O) groups is 2. The summed E-state index contributed by atoms with van der Waals surface area (Å²) in [7, 11) is 1.51. The van der Waals surface area contributed by atoms with Gasteiger partial charge in [-0.3, -0.25) is 9.59 Å². The molecule has 0 heterocycles. The fourth-order valence-corrected chi connectivity index (χ4v) is 3.73. The third-order valence-electron chi connectivity index (χ3n) is 5.44. The van der Waals surface area contributed by atoms with Crippen LogP contribution in [0.1, 0.15) is 56.6 Å². The molecule has 2 N–H and O–H groups in total. The molecule has 0 bridgehead atoms. The predicted octanol–water partition coefficient (Wildman–Crippen LogP) is 4.29. The molecule has 0 aromatic heterocycles. The third-order valence-corrected chi connectivity index (χ3v) is 5.44. The molecule has 3 atom stereocenters. The Labute approximate surface area is 188 Å². The van der Waals surface area contributed by atoms with E-state index < -0.39 is 5.54 Å². The number of halogens is 2. The van der Waals surface area contributed by atoms with Gasteiger partial charge in [0.05, 0.1) is 12.1 Å².